The number of fused-ring (bicyclic) bond motifs is 1. The van der Waals surface area contributed by atoms with Crippen molar-refractivity contribution in [3.05, 3.63) is 75.8 Å². The smallest absolute Gasteiger partial charge is 0.124 e. The molecule has 4 rings (SSSR count). The summed E-state index contributed by atoms with van der Waals surface area (Å²) in [6.07, 6.45) is 0. The van der Waals surface area contributed by atoms with Gasteiger partial charge in [-0.3, -0.25) is 4.90 Å². The van der Waals surface area contributed by atoms with Crippen molar-refractivity contribution in [1.29, 1.82) is 0 Å². The molecule has 1 saturated heterocycles. The van der Waals surface area contributed by atoms with Gasteiger partial charge in [0.25, 0.3) is 0 Å². The maximum absolute atomic E-state index is 6.32. The van der Waals surface area contributed by atoms with Crippen LogP contribution in [0.25, 0.3) is 10.8 Å². The molecule has 3 aromatic rings. The van der Waals surface area contributed by atoms with Crippen LogP contribution in [0.1, 0.15) is 11.1 Å². The molecule has 1 aliphatic heterocycles. The third-order valence-electron chi connectivity index (χ3n) is 5.41. The zero-order chi connectivity index (χ0) is 20.8. The molecule has 0 atom stereocenters. The second-order valence-corrected chi connectivity index (χ2v) is 8.26. The molecular formula is C24H28Cl4N2O2. The largest absolute Gasteiger partial charge is 0.488 e. The molecule has 0 aliphatic carbocycles. The summed E-state index contributed by atoms with van der Waals surface area (Å²) in [4.78, 5) is 2.43. The van der Waals surface area contributed by atoms with Gasteiger partial charge in [0.1, 0.15) is 12.4 Å². The molecule has 0 amide bonds. The summed E-state index contributed by atoms with van der Waals surface area (Å²) in [6, 6.07) is 18.0. The number of nitrogens with zero attached hydrogens (tertiary/aromatic N) is 1. The fourth-order valence-electron chi connectivity index (χ4n) is 3.70. The lowest BCUT2D eigenvalue weighted by molar-refractivity contribution is 0.0384. The highest BCUT2D eigenvalue weighted by atomic mass is 35.5. The molecule has 0 spiro atoms. The first-order valence-electron chi connectivity index (χ1n) is 10.3. The van der Waals surface area contributed by atoms with Crippen LogP contribution in [0.4, 0.5) is 0 Å². The fourth-order valence-corrected chi connectivity index (χ4v) is 4.17. The summed E-state index contributed by atoms with van der Waals surface area (Å²) < 4.78 is 11.6. The normalized spacial score (nSPS) is 13.9. The third kappa shape index (κ3) is 7.13. The summed E-state index contributed by atoms with van der Waals surface area (Å²) in [5, 5.41) is 7.25. The minimum absolute atomic E-state index is 0. The SMILES string of the molecule is Cl.Cl.Clc1ccc(COc2ccc3ccccc3c2CNCCN2CCOCC2)c(Cl)c1. The van der Waals surface area contributed by atoms with Crippen molar-refractivity contribution >= 4 is 58.8 Å². The van der Waals surface area contributed by atoms with Crippen molar-refractivity contribution < 1.29 is 9.47 Å². The van der Waals surface area contributed by atoms with Crippen molar-refractivity contribution in [2.45, 2.75) is 13.2 Å². The molecule has 0 radical (unpaired) electrons. The summed E-state index contributed by atoms with van der Waals surface area (Å²) in [5.41, 5.74) is 2.08. The molecule has 1 aliphatic rings. The molecule has 4 nitrogen and oxygen atoms in total. The molecule has 3 aromatic carbocycles. The van der Waals surface area contributed by atoms with Gasteiger partial charge in [-0.1, -0.05) is 59.6 Å². The van der Waals surface area contributed by atoms with Crippen LogP contribution in [-0.4, -0.2) is 44.3 Å². The maximum Gasteiger partial charge on any atom is 0.124 e. The quantitative estimate of drug-likeness (QED) is 0.372. The Morgan fingerprint density at radius 2 is 1.75 bits per heavy atom. The second-order valence-electron chi connectivity index (χ2n) is 7.42. The lowest BCUT2D eigenvalue weighted by atomic mass is 10.0. The summed E-state index contributed by atoms with van der Waals surface area (Å²) in [6.45, 7) is 6.75. The molecule has 0 bridgehead atoms. The molecule has 1 heterocycles. The zero-order valence-corrected chi connectivity index (χ0v) is 20.8. The highest BCUT2D eigenvalue weighted by Crippen LogP contribution is 2.30. The van der Waals surface area contributed by atoms with E-state index in [2.05, 4.69) is 40.5 Å². The first kappa shape index (κ1) is 27.0. The Balaban J connectivity index is 0.00000181. The number of halogens is 4. The van der Waals surface area contributed by atoms with Gasteiger partial charge < -0.3 is 14.8 Å². The predicted octanol–water partition coefficient (Wildman–Crippen LogP) is 5.99. The average Bonchev–Trinajstić information content (AvgIpc) is 2.77. The van der Waals surface area contributed by atoms with Crippen LogP contribution in [0, 0.1) is 0 Å². The number of benzene rings is 3. The summed E-state index contributed by atoms with van der Waals surface area (Å²) in [7, 11) is 0. The first-order valence-corrected chi connectivity index (χ1v) is 11.0. The van der Waals surface area contributed by atoms with Crippen molar-refractivity contribution in [2.75, 3.05) is 39.4 Å². The average molecular weight is 518 g/mol. The van der Waals surface area contributed by atoms with Gasteiger partial charge >= 0.3 is 0 Å². The van der Waals surface area contributed by atoms with Gasteiger partial charge in [-0.05, 0) is 29.0 Å². The minimum Gasteiger partial charge on any atom is -0.488 e. The third-order valence-corrected chi connectivity index (χ3v) is 5.99. The fraction of sp³-hybridized carbons (Fsp3) is 0.333. The van der Waals surface area contributed by atoms with E-state index < -0.39 is 0 Å². The topological polar surface area (TPSA) is 33.7 Å². The lowest BCUT2D eigenvalue weighted by Crippen LogP contribution is -2.40. The maximum atomic E-state index is 6.32. The van der Waals surface area contributed by atoms with Crippen LogP contribution < -0.4 is 10.1 Å². The first-order chi connectivity index (χ1) is 14.7. The van der Waals surface area contributed by atoms with Gasteiger partial charge in [0.15, 0.2) is 0 Å². The van der Waals surface area contributed by atoms with E-state index in [1.54, 1.807) is 6.07 Å². The molecule has 32 heavy (non-hydrogen) atoms. The van der Waals surface area contributed by atoms with E-state index >= 15 is 0 Å². The van der Waals surface area contributed by atoms with E-state index in [0.29, 0.717) is 16.7 Å². The van der Waals surface area contributed by atoms with Crippen molar-refractivity contribution in [3.63, 3.8) is 0 Å². The van der Waals surface area contributed by atoms with Gasteiger partial charge in [0.2, 0.25) is 0 Å². The highest BCUT2D eigenvalue weighted by Gasteiger charge is 2.12. The van der Waals surface area contributed by atoms with Crippen LogP contribution in [-0.2, 0) is 17.9 Å². The molecule has 1 N–H and O–H groups in total. The van der Waals surface area contributed by atoms with E-state index in [0.717, 1.165) is 57.3 Å². The highest BCUT2D eigenvalue weighted by molar-refractivity contribution is 6.35. The number of nitrogens with one attached hydrogen (secondary N) is 1. The Bertz CT molecular complexity index is 997. The van der Waals surface area contributed by atoms with E-state index in [9.17, 15) is 0 Å². The van der Waals surface area contributed by atoms with Gasteiger partial charge in [-0.2, -0.15) is 0 Å². The van der Waals surface area contributed by atoms with Crippen LogP contribution in [0.15, 0.2) is 54.6 Å². The number of hydrogen-bond donors (Lipinski definition) is 1. The summed E-state index contributed by atoms with van der Waals surface area (Å²) in [5.74, 6) is 0.874. The van der Waals surface area contributed by atoms with Crippen LogP contribution in [0.3, 0.4) is 0 Å². The van der Waals surface area contributed by atoms with Gasteiger partial charge in [0, 0.05) is 53.9 Å². The van der Waals surface area contributed by atoms with Crippen LogP contribution in [0.2, 0.25) is 10.0 Å². The number of rotatable bonds is 8. The molecule has 0 unspecified atom stereocenters. The van der Waals surface area contributed by atoms with E-state index in [4.69, 9.17) is 32.7 Å². The predicted molar refractivity (Wildman–Crippen MR) is 138 cm³/mol. The van der Waals surface area contributed by atoms with E-state index in [1.165, 1.54) is 16.3 Å². The Labute approximate surface area is 212 Å². The standard InChI is InChI=1S/C24H26Cl2N2O2.2ClH/c25-20-7-5-19(23(26)15-20)17-30-24-8-6-18-3-1-2-4-21(18)22(24)16-27-9-10-28-11-13-29-14-12-28;;/h1-8,15,27H,9-14,16-17H2;2*1H. The Morgan fingerprint density at radius 3 is 2.53 bits per heavy atom. The summed E-state index contributed by atoms with van der Waals surface area (Å²) >= 11 is 12.3. The van der Waals surface area contributed by atoms with Crippen molar-refractivity contribution in [3.8, 4) is 5.75 Å². The number of morpholine rings is 1. The Morgan fingerprint density at radius 1 is 0.969 bits per heavy atom. The molecule has 0 aromatic heterocycles. The Kier molecular flexibility index (Phi) is 11.4. The van der Waals surface area contributed by atoms with E-state index in [-0.39, 0.29) is 24.8 Å². The number of ether oxygens (including phenoxy) is 2. The van der Waals surface area contributed by atoms with E-state index in [1.807, 2.05) is 18.2 Å². The van der Waals surface area contributed by atoms with Crippen LogP contribution in [0.5, 0.6) is 5.75 Å². The zero-order valence-electron chi connectivity index (χ0n) is 17.7. The molecule has 8 heteroatoms. The number of hydrogen-bond acceptors (Lipinski definition) is 4. The van der Waals surface area contributed by atoms with Gasteiger partial charge in [-0.15, -0.1) is 24.8 Å². The molecule has 1 fully saturated rings. The van der Waals surface area contributed by atoms with Crippen molar-refractivity contribution in [1.82, 2.24) is 10.2 Å². The molecule has 0 saturated carbocycles. The monoisotopic (exact) mass is 516 g/mol. The lowest BCUT2D eigenvalue weighted by Gasteiger charge is -2.26. The Hall–Kier alpha value is -1.24. The molecule has 174 valence electrons. The van der Waals surface area contributed by atoms with Crippen molar-refractivity contribution in [2.24, 2.45) is 0 Å². The van der Waals surface area contributed by atoms with Gasteiger partial charge in [0.05, 0.1) is 13.2 Å². The van der Waals surface area contributed by atoms with Crippen LogP contribution >= 0.6 is 48.0 Å². The van der Waals surface area contributed by atoms with Gasteiger partial charge in [-0.25, -0.2) is 0 Å². The molecular weight excluding hydrogens is 490 g/mol. The second kappa shape index (κ2) is 13.5. The minimum atomic E-state index is 0.